The van der Waals surface area contributed by atoms with E-state index in [1.54, 1.807) is 4.90 Å². The van der Waals surface area contributed by atoms with Gasteiger partial charge in [-0.2, -0.15) is 0 Å². The molecule has 6 nitrogen and oxygen atoms in total. The topological polar surface area (TPSA) is 83.6 Å². The van der Waals surface area contributed by atoms with Crippen LogP contribution in [-0.2, 0) is 25.8 Å². The number of hydrogen-bond donors (Lipinski definition) is 1. The normalized spacial score (nSPS) is 25.8. The Morgan fingerprint density at radius 2 is 2.00 bits per heavy atom. The summed E-state index contributed by atoms with van der Waals surface area (Å²) in [7, 11) is -3.03. The van der Waals surface area contributed by atoms with Gasteiger partial charge in [-0.15, -0.1) is 0 Å². The zero-order chi connectivity index (χ0) is 17.2. The molecule has 2 amide bonds. The summed E-state index contributed by atoms with van der Waals surface area (Å²) in [5.41, 5.74) is 1.15. The average Bonchev–Trinajstić information content (AvgIpc) is 3.10. The van der Waals surface area contributed by atoms with Crippen LogP contribution in [0.2, 0.25) is 0 Å². The molecule has 130 valence electrons. The number of rotatable bonds is 5. The van der Waals surface area contributed by atoms with Crippen LogP contribution in [0.3, 0.4) is 0 Å². The maximum absolute atomic E-state index is 12.3. The monoisotopic (exact) mass is 350 g/mol. The first-order valence-electron chi connectivity index (χ1n) is 8.26. The molecule has 2 saturated heterocycles. The number of nitrogens with zero attached hydrogens (tertiary/aromatic N) is 1. The molecule has 2 aliphatic rings. The number of carbonyl (C=O) groups is 2. The number of likely N-dealkylation sites (tertiary alicyclic amines) is 1. The Balaban J connectivity index is 1.49. The summed E-state index contributed by atoms with van der Waals surface area (Å²) < 4.78 is 23.2. The fraction of sp³-hybridized carbons (Fsp3) is 0.529. The van der Waals surface area contributed by atoms with E-state index in [4.69, 9.17) is 0 Å². The predicted molar refractivity (Wildman–Crippen MR) is 90.0 cm³/mol. The third-order valence-corrected chi connectivity index (χ3v) is 6.48. The highest BCUT2D eigenvalue weighted by molar-refractivity contribution is 7.91. The van der Waals surface area contributed by atoms with Crippen LogP contribution in [0.25, 0.3) is 0 Å². The van der Waals surface area contributed by atoms with Gasteiger partial charge in [-0.3, -0.25) is 9.59 Å². The molecule has 2 atom stereocenters. The van der Waals surface area contributed by atoms with Gasteiger partial charge in [0.05, 0.1) is 17.4 Å². The number of amides is 2. The van der Waals surface area contributed by atoms with Crippen LogP contribution >= 0.6 is 0 Å². The highest BCUT2D eigenvalue weighted by atomic mass is 32.2. The van der Waals surface area contributed by atoms with Crippen LogP contribution in [-0.4, -0.2) is 55.8 Å². The van der Waals surface area contributed by atoms with E-state index in [1.807, 2.05) is 30.3 Å². The van der Waals surface area contributed by atoms with Gasteiger partial charge < -0.3 is 10.2 Å². The molecule has 2 fully saturated rings. The van der Waals surface area contributed by atoms with E-state index >= 15 is 0 Å². The van der Waals surface area contributed by atoms with Gasteiger partial charge in [0.2, 0.25) is 11.8 Å². The van der Waals surface area contributed by atoms with Crippen molar-refractivity contribution in [1.82, 2.24) is 10.2 Å². The molecule has 1 aromatic carbocycles. The van der Waals surface area contributed by atoms with Crippen molar-refractivity contribution in [3.05, 3.63) is 35.9 Å². The van der Waals surface area contributed by atoms with Crippen molar-refractivity contribution >= 4 is 21.7 Å². The number of nitrogens with one attached hydrogen (secondary N) is 1. The Kier molecular flexibility index (Phi) is 4.89. The lowest BCUT2D eigenvalue weighted by atomic mass is 10.1. The minimum absolute atomic E-state index is 0.0289. The quantitative estimate of drug-likeness (QED) is 0.832. The summed E-state index contributed by atoms with van der Waals surface area (Å²) in [6.07, 6.45) is 1.40. The molecule has 2 aliphatic heterocycles. The first kappa shape index (κ1) is 17.0. The highest BCUT2D eigenvalue weighted by Crippen LogP contribution is 2.26. The largest absolute Gasteiger partial charge is 0.355 e. The molecule has 0 aromatic heterocycles. The van der Waals surface area contributed by atoms with Gasteiger partial charge >= 0.3 is 0 Å². The zero-order valence-corrected chi connectivity index (χ0v) is 14.3. The lowest BCUT2D eigenvalue weighted by Gasteiger charge is -2.22. The molecule has 1 aromatic rings. The summed E-state index contributed by atoms with van der Waals surface area (Å²) >= 11 is 0. The minimum atomic E-state index is -3.03. The van der Waals surface area contributed by atoms with Gasteiger partial charge in [-0.1, -0.05) is 30.3 Å². The van der Waals surface area contributed by atoms with Crippen molar-refractivity contribution in [3.63, 3.8) is 0 Å². The first-order chi connectivity index (χ1) is 11.4. The molecule has 7 heteroatoms. The van der Waals surface area contributed by atoms with Gasteiger partial charge in [0, 0.05) is 25.6 Å². The van der Waals surface area contributed by atoms with Crippen molar-refractivity contribution in [1.29, 1.82) is 0 Å². The van der Waals surface area contributed by atoms with Crippen LogP contribution in [0, 0.1) is 5.92 Å². The van der Waals surface area contributed by atoms with E-state index in [9.17, 15) is 18.0 Å². The summed E-state index contributed by atoms with van der Waals surface area (Å²) in [5, 5.41) is 2.88. The third-order valence-electron chi connectivity index (χ3n) is 4.73. The van der Waals surface area contributed by atoms with Crippen LogP contribution in [0.5, 0.6) is 0 Å². The lowest BCUT2D eigenvalue weighted by Crippen LogP contribution is -2.39. The Bertz CT molecular complexity index is 717. The molecule has 0 spiro atoms. The van der Waals surface area contributed by atoms with E-state index in [0.717, 1.165) is 12.0 Å². The molecular weight excluding hydrogens is 328 g/mol. The first-order valence-corrected chi connectivity index (χ1v) is 10.1. The van der Waals surface area contributed by atoms with E-state index in [2.05, 4.69) is 5.32 Å². The zero-order valence-electron chi connectivity index (χ0n) is 13.5. The fourth-order valence-corrected chi connectivity index (χ4v) is 5.13. The van der Waals surface area contributed by atoms with Crippen LogP contribution < -0.4 is 5.32 Å². The Labute approximate surface area is 142 Å². The number of benzene rings is 1. The van der Waals surface area contributed by atoms with Gasteiger partial charge in [0.25, 0.3) is 0 Å². The molecule has 0 radical (unpaired) electrons. The molecular formula is C17H22N2O4S. The minimum Gasteiger partial charge on any atom is -0.355 e. The van der Waals surface area contributed by atoms with Crippen molar-refractivity contribution in [2.45, 2.75) is 25.3 Å². The molecule has 24 heavy (non-hydrogen) atoms. The van der Waals surface area contributed by atoms with Crippen molar-refractivity contribution in [3.8, 4) is 0 Å². The summed E-state index contributed by atoms with van der Waals surface area (Å²) in [6, 6.07) is 9.62. The van der Waals surface area contributed by atoms with Crippen LogP contribution in [0.15, 0.2) is 30.3 Å². The van der Waals surface area contributed by atoms with Gasteiger partial charge in [-0.25, -0.2) is 8.42 Å². The van der Waals surface area contributed by atoms with Crippen molar-refractivity contribution in [2.75, 3.05) is 24.6 Å². The molecule has 1 N–H and O–H groups in total. The van der Waals surface area contributed by atoms with Crippen LogP contribution in [0.4, 0.5) is 0 Å². The molecule has 3 rings (SSSR count). The molecule has 0 saturated carbocycles. The second kappa shape index (κ2) is 6.93. The van der Waals surface area contributed by atoms with Gasteiger partial charge in [0.1, 0.15) is 0 Å². The van der Waals surface area contributed by atoms with E-state index in [-0.39, 0.29) is 41.7 Å². The third kappa shape index (κ3) is 3.95. The summed E-state index contributed by atoms with van der Waals surface area (Å²) in [6.45, 7) is 0.863. The van der Waals surface area contributed by atoms with Gasteiger partial charge in [0.15, 0.2) is 9.84 Å². The second-order valence-electron chi connectivity index (χ2n) is 6.53. The number of carbonyl (C=O) groups excluding carboxylic acids is 2. The Morgan fingerprint density at radius 3 is 2.67 bits per heavy atom. The maximum atomic E-state index is 12.3. The maximum Gasteiger partial charge on any atom is 0.225 e. The predicted octanol–water partition coefficient (Wildman–Crippen LogP) is 0.381. The molecule has 0 aliphatic carbocycles. The van der Waals surface area contributed by atoms with Crippen molar-refractivity contribution < 1.29 is 18.0 Å². The average molecular weight is 350 g/mol. The Morgan fingerprint density at radius 1 is 1.25 bits per heavy atom. The van der Waals surface area contributed by atoms with Crippen molar-refractivity contribution in [2.24, 2.45) is 5.92 Å². The Hall–Kier alpha value is -1.89. The summed E-state index contributed by atoms with van der Waals surface area (Å²) in [5.74, 6) is -0.448. The molecule has 2 unspecified atom stereocenters. The number of hydrogen-bond acceptors (Lipinski definition) is 4. The summed E-state index contributed by atoms with van der Waals surface area (Å²) in [4.78, 5) is 26.0. The van der Waals surface area contributed by atoms with E-state index in [0.29, 0.717) is 19.5 Å². The van der Waals surface area contributed by atoms with E-state index in [1.165, 1.54) is 0 Å². The standard InChI is InChI=1S/C17H22N2O4S/c20-16-10-14(11-19(16)15-7-9-24(22,23)12-15)17(21)18-8-6-13-4-2-1-3-5-13/h1-5,14-15H,6-12H2,(H,18,21). The second-order valence-corrected chi connectivity index (χ2v) is 8.76. The van der Waals surface area contributed by atoms with Crippen LogP contribution in [0.1, 0.15) is 18.4 Å². The highest BCUT2D eigenvalue weighted by Gasteiger charge is 2.41. The lowest BCUT2D eigenvalue weighted by molar-refractivity contribution is -0.130. The molecule has 0 bridgehead atoms. The molecule has 2 heterocycles. The number of sulfone groups is 1. The van der Waals surface area contributed by atoms with E-state index < -0.39 is 9.84 Å². The van der Waals surface area contributed by atoms with Gasteiger partial charge in [-0.05, 0) is 18.4 Å². The fourth-order valence-electron chi connectivity index (χ4n) is 3.40. The SMILES string of the molecule is O=C(NCCc1ccccc1)C1CC(=O)N(C2CCS(=O)(=O)C2)C1. The smallest absolute Gasteiger partial charge is 0.225 e.